The zero-order chi connectivity index (χ0) is 15.2. The predicted molar refractivity (Wildman–Crippen MR) is 92.8 cm³/mol. The standard InChI is InChI=1S/C16H10ClIN2O/c17-13-3-7-15(8-4-13)20-16(21)12(10-19)9-11-1-5-14(18)6-2-11/h1-9H,(H,20,21)/b12-9-. The van der Waals surface area contributed by atoms with Crippen LogP contribution in [0.3, 0.4) is 0 Å². The highest BCUT2D eigenvalue weighted by atomic mass is 127. The average Bonchev–Trinajstić information content (AvgIpc) is 2.49. The third kappa shape index (κ3) is 4.59. The van der Waals surface area contributed by atoms with Crippen LogP contribution in [0.2, 0.25) is 5.02 Å². The van der Waals surface area contributed by atoms with Gasteiger partial charge in [0, 0.05) is 14.3 Å². The molecule has 0 aliphatic carbocycles. The van der Waals surface area contributed by atoms with E-state index in [4.69, 9.17) is 16.9 Å². The van der Waals surface area contributed by atoms with Gasteiger partial charge in [0.2, 0.25) is 0 Å². The summed E-state index contributed by atoms with van der Waals surface area (Å²) in [5.41, 5.74) is 1.44. The number of nitriles is 1. The van der Waals surface area contributed by atoms with E-state index in [0.717, 1.165) is 9.13 Å². The van der Waals surface area contributed by atoms with Crippen LogP contribution in [-0.4, -0.2) is 5.91 Å². The van der Waals surface area contributed by atoms with Crippen molar-refractivity contribution in [3.05, 3.63) is 68.3 Å². The second-order valence-corrected chi connectivity index (χ2v) is 5.86. The lowest BCUT2D eigenvalue weighted by Crippen LogP contribution is -2.13. The van der Waals surface area contributed by atoms with E-state index < -0.39 is 5.91 Å². The largest absolute Gasteiger partial charge is 0.321 e. The summed E-state index contributed by atoms with van der Waals surface area (Å²) in [5, 5.41) is 12.4. The molecule has 0 fully saturated rings. The van der Waals surface area contributed by atoms with Crippen LogP contribution in [0.5, 0.6) is 0 Å². The van der Waals surface area contributed by atoms with E-state index in [1.165, 1.54) is 0 Å². The molecule has 0 aliphatic rings. The molecule has 0 aliphatic heterocycles. The molecule has 0 bridgehead atoms. The van der Waals surface area contributed by atoms with Crippen molar-refractivity contribution in [1.82, 2.24) is 0 Å². The highest BCUT2D eigenvalue weighted by Gasteiger charge is 2.09. The second-order valence-electron chi connectivity index (χ2n) is 4.18. The fourth-order valence-corrected chi connectivity index (χ4v) is 2.09. The first kappa shape index (κ1) is 15.5. The summed E-state index contributed by atoms with van der Waals surface area (Å²) in [5.74, 6) is -0.446. The SMILES string of the molecule is N#C/C(=C/c1ccc(I)cc1)C(=O)Nc1ccc(Cl)cc1. The van der Waals surface area contributed by atoms with E-state index in [1.807, 2.05) is 30.3 Å². The fourth-order valence-electron chi connectivity index (χ4n) is 1.61. The summed E-state index contributed by atoms with van der Waals surface area (Å²) in [7, 11) is 0. The molecule has 5 heteroatoms. The molecule has 104 valence electrons. The highest BCUT2D eigenvalue weighted by molar-refractivity contribution is 14.1. The number of nitrogens with one attached hydrogen (secondary N) is 1. The number of hydrogen-bond donors (Lipinski definition) is 1. The molecule has 0 radical (unpaired) electrons. The monoisotopic (exact) mass is 408 g/mol. The Bertz CT molecular complexity index is 715. The molecule has 0 saturated heterocycles. The summed E-state index contributed by atoms with van der Waals surface area (Å²) in [4.78, 5) is 12.1. The minimum atomic E-state index is -0.446. The van der Waals surface area contributed by atoms with Crippen molar-refractivity contribution in [3.63, 3.8) is 0 Å². The van der Waals surface area contributed by atoms with Gasteiger partial charge in [0.1, 0.15) is 11.6 Å². The molecule has 0 unspecified atom stereocenters. The summed E-state index contributed by atoms with van der Waals surface area (Å²) < 4.78 is 1.09. The maximum Gasteiger partial charge on any atom is 0.266 e. The quantitative estimate of drug-likeness (QED) is 0.462. The zero-order valence-electron chi connectivity index (χ0n) is 10.8. The summed E-state index contributed by atoms with van der Waals surface area (Å²) in [6, 6.07) is 16.2. The van der Waals surface area contributed by atoms with Crippen LogP contribution >= 0.6 is 34.2 Å². The van der Waals surface area contributed by atoms with Gasteiger partial charge in [-0.25, -0.2) is 0 Å². The van der Waals surface area contributed by atoms with Gasteiger partial charge >= 0.3 is 0 Å². The third-order valence-electron chi connectivity index (χ3n) is 2.65. The van der Waals surface area contributed by atoms with Gasteiger partial charge in [-0.15, -0.1) is 0 Å². The second kappa shape index (κ2) is 7.25. The van der Waals surface area contributed by atoms with Crippen LogP contribution < -0.4 is 5.32 Å². The number of benzene rings is 2. The van der Waals surface area contributed by atoms with Crippen LogP contribution in [0.25, 0.3) is 6.08 Å². The van der Waals surface area contributed by atoms with Crippen molar-refractivity contribution in [2.75, 3.05) is 5.32 Å². The van der Waals surface area contributed by atoms with Gasteiger partial charge in [0.15, 0.2) is 0 Å². The highest BCUT2D eigenvalue weighted by Crippen LogP contribution is 2.15. The Kier molecular flexibility index (Phi) is 5.37. The Labute approximate surface area is 141 Å². The minimum absolute atomic E-state index is 0.0474. The van der Waals surface area contributed by atoms with Crippen molar-refractivity contribution < 1.29 is 4.79 Å². The van der Waals surface area contributed by atoms with Gasteiger partial charge in [-0.1, -0.05) is 23.7 Å². The predicted octanol–water partition coefficient (Wildman–Crippen LogP) is 4.49. The van der Waals surface area contributed by atoms with Gasteiger partial charge in [-0.2, -0.15) is 5.26 Å². The van der Waals surface area contributed by atoms with Crippen LogP contribution in [0.1, 0.15) is 5.56 Å². The number of amides is 1. The average molecular weight is 409 g/mol. The van der Waals surface area contributed by atoms with Crippen LogP contribution in [0.15, 0.2) is 54.1 Å². The topological polar surface area (TPSA) is 52.9 Å². The Morgan fingerprint density at radius 1 is 1.14 bits per heavy atom. The van der Waals surface area contributed by atoms with Gasteiger partial charge < -0.3 is 5.32 Å². The normalized spacial score (nSPS) is 10.8. The molecule has 2 aromatic rings. The maximum atomic E-state index is 12.1. The molecule has 0 spiro atoms. The van der Waals surface area contributed by atoms with Crippen molar-refractivity contribution in [2.24, 2.45) is 0 Å². The number of hydrogen-bond acceptors (Lipinski definition) is 2. The van der Waals surface area contributed by atoms with Crippen molar-refractivity contribution in [1.29, 1.82) is 5.26 Å². The van der Waals surface area contributed by atoms with Crippen molar-refractivity contribution in [3.8, 4) is 6.07 Å². The lowest BCUT2D eigenvalue weighted by molar-refractivity contribution is -0.112. The number of anilines is 1. The van der Waals surface area contributed by atoms with Crippen LogP contribution in [0.4, 0.5) is 5.69 Å². The molecule has 2 rings (SSSR count). The summed E-state index contributed by atoms with van der Waals surface area (Å²) in [6.45, 7) is 0. The van der Waals surface area contributed by atoms with Gasteiger partial charge in [0.05, 0.1) is 0 Å². The number of nitrogens with zero attached hydrogens (tertiary/aromatic N) is 1. The molecule has 1 N–H and O–H groups in total. The number of rotatable bonds is 3. The first-order valence-corrected chi connectivity index (χ1v) is 7.48. The van der Waals surface area contributed by atoms with E-state index in [2.05, 4.69) is 27.9 Å². The Balaban J connectivity index is 2.17. The lowest BCUT2D eigenvalue weighted by Gasteiger charge is -2.04. The number of carbonyl (C=O) groups excluding carboxylic acids is 1. The van der Waals surface area contributed by atoms with Crippen molar-refractivity contribution >= 4 is 51.9 Å². The minimum Gasteiger partial charge on any atom is -0.321 e. The van der Waals surface area contributed by atoms with E-state index in [0.29, 0.717) is 10.7 Å². The molecule has 0 heterocycles. The molecule has 0 atom stereocenters. The van der Waals surface area contributed by atoms with E-state index >= 15 is 0 Å². The Morgan fingerprint density at radius 2 is 1.76 bits per heavy atom. The molecular weight excluding hydrogens is 399 g/mol. The van der Waals surface area contributed by atoms with E-state index in [1.54, 1.807) is 30.3 Å². The fraction of sp³-hybridized carbons (Fsp3) is 0. The summed E-state index contributed by atoms with van der Waals surface area (Å²) >= 11 is 7.98. The molecule has 21 heavy (non-hydrogen) atoms. The number of halogens is 2. The Morgan fingerprint density at radius 3 is 2.33 bits per heavy atom. The van der Waals surface area contributed by atoms with Gasteiger partial charge in [-0.3, -0.25) is 4.79 Å². The van der Waals surface area contributed by atoms with Crippen LogP contribution in [-0.2, 0) is 4.79 Å². The third-order valence-corrected chi connectivity index (χ3v) is 3.62. The molecule has 0 aromatic heterocycles. The molecule has 3 nitrogen and oxygen atoms in total. The summed E-state index contributed by atoms with van der Waals surface area (Å²) in [6.07, 6.45) is 1.56. The molecule has 0 saturated carbocycles. The van der Waals surface area contributed by atoms with E-state index in [9.17, 15) is 4.79 Å². The Hall–Kier alpha value is -1.84. The van der Waals surface area contributed by atoms with Crippen LogP contribution in [0, 0.1) is 14.9 Å². The molecule has 2 aromatic carbocycles. The first-order valence-electron chi connectivity index (χ1n) is 6.03. The van der Waals surface area contributed by atoms with E-state index in [-0.39, 0.29) is 5.57 Å². The van der Waals surface area contributed by atoms with Gasteiger partial charge in [0.25, 0.3) is 5.91 Å². The molecular formula is C16H10ClIN2O. The zero-order valence-corrected chi connectivity index (χ0v) is 13.7. The first-order chi connectivity index (χ1) is 10.1. The number of carbonyl (C=O) groups is 1. The van der Waals surface area contributed by atoms with Gasteiger partial charge in [-0.05, 0) is 70.6 Å². The van der Waals surface area contributed by atoms with Crippen molar-refractivity contribution in [2.45, 2.75) is 0 Å². The molecule has 1 amide bonds. The smallest absolute Gasteiger partial charge is 0.266 e. The maximum absolute atomic E-state index is 12.1. The lowest BCUT2D eigenvalue weighted by atomic mass is 10.1.